The summed E-state index contributed by atoms with van der Waals surface area (Å²) >= 11 is 0. The molecule has 1 aliphatic heterocycles. The monoisotopic (exact) mass is 227 g/mol. The van der Waals surface area contributed by atoms with Crippen LogP contribution in [0.15, 0.2) is 36.4 Å². The van der Waals surface area contributed by atoms with Crippen LogP contribution >= 0.6 is 0 Å². The van der Waals surface area contributed by atoms with Gasteiger partial charge in [-0.15, -0.1) is 6.42 Å². The zero-order chi connectivity index (χ0) is 12.3. The van der Waals surface area contributed by atoms with E-state index in [-0.39, 0.29) is 18.4 Å². The molecule has 84 valence electrons. The van der Waals surface area contributed by atoms with Crippen molar-refractivity contribution in [3.05, 3.63) is 36.4 Å². The Labute approximate surface area is 98.5 Å². The van der Waals surface area contributed by atoms with Crippen molar-refractivity contribution < 1.29 is 14.3 Å². The van der Waals surface area contributed by atoms with Crippen molar-refractivity contribution in [1.82, 2.24) is 0 Å². The van der Waals surface area contributed by atoms with Gasteiger partial charge in [-0.3, -0.25) is 9.59 Å². The minimum atomic E-state index is -0.357. The maximum atomic E-state index is 11.5. The number of amides is 2. The van der Waals surface area contributed by atoms with Gasteiger partial charge in [0.2, 0.25) is 0 Å². The molecule has 0 fully saturated rings. The molecular weight excluding hydrogens is 218 g/mol. The number of imide groups is 1. The summed E-state index contributed by atoms with van der Waals surface area (Å²) in [5.41, 5.74) is 0.472. The topological polar surface area (TPSA) is 46.6 Å². The molecule has 0 bridgehead atoms. The van der Waals surface area contributed by atoms with Gasteiger partial charge in [-0.05, 0) is 12.1 Å². The number of carbonyl (C=O) groups excluding carboxylic acids is 2. The number of rotatable bonds is 3. The van der Waals surface area contributed by atoms with Crippen molar-refractivity contribution >= 4 is 17.5 Å². The molecule has 0 saturated carbocycles. The summed E-state index contributed by atoms with van der Waals surface area (Å²) in [4.78, 5) is 24.0. The van der Waals surface area contributed by atoms with E-state index in [9.17, 15) is 9.59 Å². The van der Waals surface area contributed by atoms with E-state index in [1.54, 1.807) is 24.3 Å². The van der Waals surface area contributed by atoms with Crippen LogP contribution in [-0.4, -0.2) is 18.4 Å². The van der Waals surface area contributed by atoms with E-state index in [0.29, 0.717) is 11.4 Å². The molecule has 2 amide bonds. The Bertz CT molecular complexity index is 522. The lowest BCUT2D eigenvalue weighted by atomic mass is 10.2. The van der Waals surface area contributed by atoms with Gasteiger partial charge in [-0.1, -0.05) is 12.0 Å². The number of nitrogens with zero attached hydrogens (tertiary/aromatic N) is 1. The van der Waals surface area contributed by atoms with Gasteiger partial charge >= 0.3 is 0 Å². The van der Waals surface area contributed by atoms with Gasteiger partial charge in [0.05, 0.1) is 5.69 Å². The predicted octanol–water partition coefficient (Wildman–Crippen LogP) is 1.13. The number of anilines is 1. The fraction of sp³-hybridized carbons (Fsp3) is 0.0769. The van der Waals surface area contributed by atoms with Gasteiger partial charge < -0.3 is 4.74 Å². The van der Waals surface area contributed by atoms with Crippen LogP contribution in [0, 0.1) is 12.3 Å². The van der Waals surface area contributed by atoms with Crippen LogP contribution in [0.4, 0.5) is 5.69 Å². The second kappa shape index (κ2) is 4.54. The number of hydrogen-bond donors (Lipinski definition) is 0. The molecule has 0 saturated heterocycles. The fourth-order valence-electron chi connectivity index (χ4n) is 1.49. The van der Waals surface area contributed by atoms with E-state index in [4.69, 9.17) is 11.2 Å². The minimum absolute atomic E-state index is 0.142. The van der Waals surface area contributed by atoms with Gasteiger partial charge in [-0.2, -0.15) is 0 Å². The summed E-state index contributed by atoms with van der Waals surface area (Å²) in [5, 5.41) is 0. The van der Waals surface area contributed by atoms with Crippen LogP contribution in [0.1, 0.15) is 0 Å². The second-order valence-electron chi connectivity index (χ2n) is 3.34. The third kappa shape index (κ3) is 2.18. The highest BCUT2D eigenvalue weighted by Gasteiger charge is 2.25. The molecule has 0 N–H and O–H groups in total. The van der Waals surface area contributed by atoms with E-state index in [2.05, 4.69) is 5.92 Å². The Morgan fingerprint density at radius 2 is 1.94 bits per heavy atom. The molecule has 4 nitrogen and oxygen atoms in total. The molecule has 1 aromatic rings. The molecule has 2 rings (SSSR count). The molecule has 4 heteroatoms. The average molecular weight is 227 g/mol. The largest absolute Gasteiger partial charge is 0.481 e. The minimum Gasteiger partial charge on any atom is -0.481 e. The number of ether oxygens (including phenoxy) is 1. The van der Waals surface area contributed by atoms with E-state index in [1.807, 2.05) is 0 Å². The normalized spacial score (nSPS) is 13.9. The first-order valence-electron chi connectivity index (χ1n) is 4.95. The molecular formula is C13H9NO3. The van der Waals surface area contributed by atoms with Crippen molar-refractivity contribution in [3.63, 3.8) is 0 Å². The summed E-state index contributed by atoms with van der Waals surface area (Å²) in [5.74, 6) is 2.15. The molecule has 1 heterocycles. The summed E-state index contributed by atoms with van der Waals surface area (Å²) in [7, 11) is 0. The zero-order valence-corrected chi connectivity index (χ0v) is 8.92. The van der Waals surface area contributed by atoms with Crippen LogP contribution < -0.4 is 9.64 Å². The molecule has 0 unspecified atom stereocenters. The van der Waals surface area contributed by atoms with Gasteiger partial charge in [0.1, 0.15) is 12.4 Å². The summed E-state index contributed by atoms with van der Waals surface area (Å²) in [6.45, 7) is 0.142. The highest BCUT2D eigenvalue weighted by atomic mass is 16.5. The van der Waals surface area contributed by atoms with E-state index in [0.717, 1.165) is 4.90 Å². The number of benzene rings is 1. The highest BCUT2D eigenvalue weighted by Crippen LogP contribution is 2.23. The van der Waals surface area contributed by atoms with Crippen molar-refractivity contribution in [3.8, 4) is 18.1 Å². The summed E-state index contributed by atoms with van der Waals surface area (Å²) in [6.07, 6.45) is 7.54. The van der Waals surface area contributed by atoms with E-state index >= 15 is 0 Å². The Morgan fingerprint density at radius 3 is 2.59 bits per heavy atom. The van der Waals surface area contributed by atoms with Crippen molar-refractivity contribution in [2.75, 3.05) is 11.5 Å². The lowest BCUT2D eigenvalue weighted by Gasteiger charge is -2.14. The first kappa shape index (κ1) is 11.0. The first-order valence-corrected chi connectivity index (χ1v) is 4.95. The summed E-state index contributed by atoms with van der Waals surface area (Å²) in [6, 6.07) is 6.66. The predicted molar refractivity (Wildman–Crippen MR) is 62.4 cm³/mol. The van der Waals surface area contributed by atoms with Crippen molar-refractivity contribution in [1.29, 1.82) is 0 Å². The lowest BCUT2D eigenvalue weighted by molar-refractivity contribution is -0.119. The molecule has 0 atom stereocenters. The lowest BCUT2D eigenvalue weighted by Crippen LogP contribution is -2.29. The van der Waals surface area contributed by atoms with Crippen LogP contribution in [-0.2, 0) is 9.59 Å². The average Bonchev–Trinajstić information content (AvgIpc) is 2.67. The SMILES string of the molecule is C#CCOc1cccc(N2C(=O)C=CC2=O)c1. The summed E-state index contributed by atoms with van der Waals surface area (Å²) < 4.78 is 5.22. The molecule has 1 aliphatic rings. The van der Waals surface area contributed by atoms with Crippen LogP contribution in [0.5, 0.6) is 5.75 Å². The third-order valence-electron chi connectivity index (χ3n) is 2.21. The Morgan fingerprint density at radius 1 is 1.24 bits per heavy atom. The number of hydrogen-bond acceptors (Lipinski definition) is 3. The molecule has 0 aliphatic carbocycles. The van der Waals surface area contributed by atoms with E-state index in [1.165, 1.54) is 12.2 Å². The molecule has 0 aromatic heterocycles. The number of carbonyl (C=O) groups is 2. The molecule has 1 aromatic carbocycles. The smallest absolute Gasteiger partial charge is 0.258 e. The van der Waals surface area contributed by atoms with E-state index < -0.39 is 0 Å². The standard InChI is InChI=1S/C13H9NO3/c1-2-8-17-11-5-3-4-10(9-11)14-12(15)6-7-13(14)16/h1,3-7,9H,8H2. The van der Waals surface area contributed by atoms with Gasteiger partial charge in [0, 0.05) is 18.2 Å². The van der Waals surface area contributed by atoms with Crippen molar-refractivity contribution in [2.45, 2.75) is 0 Å². The van der Waals surface area contributed by atoms with Crippen LogP contribution in [0.2, 0.25) is 0 Å². The van der Waals surface area contributed by atoms with Gasteiger partial charge in [0.25, 0.3) is 11.8 Å². The Hall–Kier alpha value is -2.54. The maximum Gasteiger partial charge on any atom is 0.258 e. The van der Waals surface area contributed by atoms with Crippen LogP contribution in [0.25, 0.3) is 0 Å². The molecule has 0 spiro atoms. The maximum absolute atomic E-state index is 11.5. The number of terminal acetylenes is 1. The Balaban J connectivity index is 2.25. The molecule has 0 radical (unpaired) electrons. The van der Waals surface area contributed by atoms with Crippen molar-refractivity contribution in [2.24, 2.45) is 0 Å². The van der Waals surface area contributed by atoms with Crippen LogP contribution in [0.3, 0.4) is 0 Å². The van der Waals surface area contributed by atoms with Gasteiger partial charge in [0.15, 0.2) is 0 Å². The third-order valence-corrected chi connectivity index (χ3v) is 2.21. The quantitative estimate of drug-likeness (QED) is 0.574. The highest BCUT2D eigenvalue weighted by molar-refractivity contribution is 6.28. The fourth-order valence-corrected chi connectivity index (χ4v) is 1.49. The first-order chi connectivity index (χ1) is 8.22. The second-order valence-corrected chi connectivity index (χ2v) is 3.34. The zero-order valence-electron chi connectivity index (χ0n) is 8.92. The molecule has 17 heavy (non-hydrogen) atoms. The Kier molecular flexibility index (Phi) is 2.93. The van der Waals surface area contributed by atoms with Gasteiger partial charge in [-0.25, -0.2) is 4.90 Å².